The summed E-state index contributed by atoms with van der Waals surface area (Å²) in [6.07, 6.45) is 1.79. The van der Waals surface area contributed by atoms with E-state index in [-0.39, 0.29) is 0 Å². The smallest absolute Gasteiger partial charge is 0.179 e. The van der Waals surface area contributed by atoms with Gasteiger partial charge in [0.25, 0.3) is 0 Å². The van der Waals surface area contributed by atoms with Crippen LogP contribution >= 0.6 is 23.6 Å². The van der Waals surface area contributed by atoms with Crippen molar-refractivity contribution >= 4 is 34.7 Å². The first kappa shape index (κ1) is 10.7. The van der Waals surface area contributed by atoms with Crippen LogP contribution in [0.4, 0.5) is 0 Å². The fraction of sp³-hybridized carbons (Fsp3) is 0.167. The van der Waals surface area contributed by atoms with Gasteiger partial charge in [-0.2, -0.15) is 11.3 Å². The lowest BCUT2D eigenvalue weighted by Crippen LogP contribution is -2.00. The van der Waals surface area contributed by atoms with Crippen LogP contribution in [-0.4, -0.2) is 14.5 Å². The van der Waals surface area contributed by atoms with Crippen LogP contribution in [0.3, 0.4) is 0 Å². The quantitative estimate of drug-likeness (QED) is 0.716. The average Bonchev–Trinajstić information content (AvgIpc) is 2.85. The molecule has 3 heterocycles. The van der Waals surface area contributed by atoms with Crippen molar-refractivity contribution < 1.29 is 0 Å². The Morgan fingerprint density at radius 1 is 1.47 bits per heavy atom. The Labute approximate surface area is 108 Å². The van der Waals surface area contributed by atoms with Crippen LogP contribution in [0.15, 0.2) is 29.1 Å². The number of nitrogens with zero attached hydrogens (tertiary/aromatic N) is 2. The van der Waals surface area contributed by atoms with Crippen molar-refractivity contribution in [3.63, 3.8) is 0 Å². The molecule has 0 fully saturated rings. The molecule has 3 nitrogen and oxygen atoms in total. The van der Waals surface area contributed by atoms with E-state index >= 15 is 0 Å². The molecule has 3 aromatic rings. The summed E-state index contributed by atoms with van der Waals surface area (Å²) in [6.45, 7) is 2.91. The maximum Gasteiger partial charge on any atom is 0.179 e. The highest BCUT2D eigenvalue weighted by Gasteiger charge is 2.07. The maximum atomic E-state index is 5.34. The van der Waals surface area contributed by atoms with Crippen LogP contribution in [0, 0.1) is 11.7 Å². The lowest BCUT2D eigenvalue weighted by atomic mass is 10.2. The van der Waals surface area contributed by atoms with Gasteiger partial charge in [0, 0.05) is 6.20 Å². The van der Waals surface area contributed by atoms with E-state index in [0.29, 0.717) is 0 Å². The molecule has 17 heavy (non-hydrogen) atoms. The molecule has 0 saturated heterocycles. The topological polar surface area (TPSA) is 33.6 Å². The standard InChI is InChI=1S/C12H11N3S2/c1-8-6-17-7-9(8)5-15-11-10(14-12(15)16)3-2-4-13-11/h2-4,6-7H,5H2,1H3,(H,14,16). The first-order valence-electron chi connectivity index (χ1n) is 5.31. The molecule has 86 valence electrons. The third-order valence-electron chi connectivity index (χ3n) is 2.82. The fourth-order valence-corrected chi connectivity index (χ4v) is 2.96. The highest BCUT2D eigenvalue weighted by Crippen LogP contribution is 2.18. The zero-order valence-electron chi connectivity index (χ0n) is 9.30. The van der Waals surface area contributed by atoms with Crippen molar-refractivity contribution in [3.8, 4) is 0 Å². The van der Waals surface area contributed by atoms with E-state index in [4.69, 9.17) is 12.2 Å². The Bertz CT molecular complexity index is 721. The molecule has 0 aliphatic heterocycles. The predicted octanol–water partition coefficient (Wildman–Crippen LogP) is 3.51. The Morgan fingerprint density at radius 2 is 2.35 bits per heavy atom. The monoisotopic (exact) mass is 261 g/mol. The van der Waals surface area contributed by atoms with Crippen molar-refractivity contribution in [1.82, 2.24) is 14.5 Å². The van der Waals surface area contributed by atoms with Crippen molar-refractivity contribution in [1.29, 1.82) is 0 Å². The molecule has 0 aliphatic carbocycles. The molecule has 0 radical (unpaired) electrons. The van der Waals surface area contributed by atoms with Gasteiger partial charge in [0.05, 0.1) is 12.1 Å². The molecule has 1 N–H and O–H groups in total. The molecule has 0 unspecified atom stereocenters. The lowest BCUT2D eigenvalue weighted by Gasteiger charge is -2.03. The van der Waals surface area contributed by atoms with Gasteiger partial charge in [0.2, 0.25) is 0 Å². The summed E-state index contributed by atoms with van der Waals surface area (Å²) >= 11 is 7.06. The Balaban J connectivity index is 2.15. The molecule has 3 rings (SSSR count). The number of H-pyrrole nitrogens is 1. The summed E-state index contributed by atoms with van der Waals surface area (Å²) in [6, 6.07) is 3.91. The van der Waals surface area contributed by atoms with Crippen LogP contribution in [0.2, 0.25) is 0 Å². The molecule has 5 heteroatoms. The average molecular weight is 261 g/mol. The summed E-state index contributed by atoms with van der Waals surface area (Å²) in [7, 11) is 0. The Hall–Kier alpha value is -1.46. The van der Waals surface area contributed by atoms with E-state index in [0.717, 1.165) is 22.5 Å². The second-order valence-electron chi connectivity index (χ2n) is 3.97. The lowest BCUT2D eigenvalue weighted by molar-refractivity contribution is 0.799. The number of hydrogen-bond acceptors (Lipinski definition) is 3. The fourth-order valence-electron chi connectivity index (χ4n) is 1.85. The molecule has 0 spiro atoms. The minimum absolute atomic E-state index is 0.726. The van der Waals surface area contributed by atoms with E-state index in [1.165, 1.54) is 11.1 Å². The zero-order valence-corrected chi connectivity index (χ0v) is 10.9. The summed E-state index contributed by atoms with van der Waals surface area (Å²) in [5.74, 6) is 0. The van der Waals surface area contributed by atoms with Crippen molar-refractivity contribution in [2.45, 2.75) is 13.5 Å². The predicted molar refractivity (Wildman–Crippen MR) is 73.1 cm³/mol. The number of hydrogen-bond donors (Lipinski definition) is 1. The number of thiophene rings is 1. The van der Waals surface area contributed by atoms with E-state index < -0.39 is 0 Å². The second kappa shape index (κ2) is 4.09. The molecule has 3 aromatic heterocycles. The Kier molecular flexibility index (Phi) is 2.57. The number of rotatable bonds is 2. The van der Waals surface area contributed by atoms with Crippen LogP contribution in [0.1, 0.15) is 11.1 Å². The van der Waals surface area contributed by atoms with E-state index in [2.05, 4.69) is 27.7 Å². The van der Waals surface area contributed by atoms with Crippen LogP contribution in [0.5, 0.6) is 0 Å². The summed E-state index contributed by atoms with van der Waals surface area (Å²) in [4.78, 5) is 7.56. The molecule has 0 bridgehead atoms. The molecule has 0 aromatic carbocycles. The summed E-state index contributed by atoms with van der Waals surface area (Å²) in [5.41, 5.74) is 4.52. The number of aromatic amines is 1. The number of aromatic nitrogens is 3. The molecular formula is C12H11N3S2. The number of imidazole rings is 1. The summed E-state index contributed by atoms with van der Waals surface area (Å²) < 4.78 is 2.77. The van der Waals surface area contributed by atoms with Gasteiger partial charge in [-0.25, -0.2) is 4.98 Å². The van der Waals surface area contributed by atoms with Gasteiger partial charge in [0.1, 0.15) is 0 Å². The molecular weight excluding hydrogens is 250 g/mol. The van der Waals surface area contributed by atoms with Crippen LogP contribution < -0.4 is 0 Å². The van der Waals surface area contributed by atoms with E-state index in [9.17, 15) is 0 Å². The molecule has 0 amide bonds. The highest BCUT2D eigenvalue weighted by atomic mass is 32.1. The van der Waals surface area contributed by atoms with Crippen LogP contribution in [0.25, 0.3) is 11.2 Å². The zero-order chi connectivity index (χ0) is 11.8. The molecule has 0 aliphatic rings. The third kappa shape index (κ3) is 1.81. The van der Waals surface area contributed by atoms with Gasteiger partial charge in [-0.1, -0.05) is 0 Å². The van der Waals surface area contributed by atoms with Gasteiger partial charge < -0.3 is 4.98 Å². The van der Waals surface area contributed by atoms with Crippen LogP contribution in [-0.2, 0) is 6.54 Å². The number of pyridine rings is 1. The minimum atomic E-state index is 0.726. The number of nitrogens with one attached hydrogen (secondary N) is 1. The van der Waals surface area contributed by atoms with Crippen molar-refractivity contribution in [3.05, 3.63) is 45.0 Å². The van der Waals surface area contributed by atoms with Gasteiger partial charge >= 0.3 is 0 Å². The van der Waals surface area contributed by atoms with Gasteiger partial charge in [-0.15, -0.1) is 0 Å². The second-order valence-corrected chi connectivity index (χ2v) is 5.10. The SMILES string of the molecule is Cc1cscc1Cn1c(=S)[nH]c2cccnc21. The number of fused-ring (bicyclic) bond motifs is 1. The Morgan fingerprint density at radius 3 is 3.12 bits per heavy atom. The van der Waals surface area contributed by atoms with Gasteiger partial charge in [-0.05, 0) is 53.2 Å². The third-order valence-corrected chi connectivity index (χ3v) is 4.05. The highest BCUT2D eigenvalue weighted by molar-refractivity contribution is 7.71. The first-order chi connectivity index (χ1) is 8.25. The van der Waals surface area contributed by atoms with Crippen molar-refractivity contribution in [2.75, 3.05) is 0 Å². The maximum absolute atomic E-state index is 5.34. The number of aryl methyl sites for hydroxylation is 1. The normalized spacial score (nSPS) is 11.1. The van der Waals surface area contributed by atoms with Crippen molar-refractivity contribution in [2.24, 2.45) is 0 Å². The minimum Gasteiger partial charge on any atom is -0.329 e. The first-order valence-corrected chi connectivity index (χ1v) is 6.66. The molecule has 0 saturated carbocycles. The van der Waals surface area contributed by atoms with E-state index in [1.807, 2.05) is 16.7 Å². The van der Waals surface area contributed by atoms with E-state index in [1.54, 1.807) is 17.5 Å². The van der Waals surface area contributed by atoms with Gasteiger partial charge in [0.15, 0.2) is 10.4 Å². The summed E-state index contributed by atoms with van der Waals surface area (Å²) in [5, 5.41) is 4.32. The molecule has 0 atom stereocenters. The van der Waals surface area contributed by atoms with Gasteiger partial charge in [-0.3, -0.25) is 4.57 Å². The largest absolute Gasteiger partial charge is 0.329 e.